The van der Waals surface area contributed by atoms with E-state index in [1.807, 2.05) is 30.3 Å². The van der Waals surface area contributed by atoms with E-state index in [2.05, 4.69) is 41.8 Å². The van der Waals surface area contributed by atoms with Crippen molar-refractivity contribution in [2.45, 2.75) is 20.3 Å². The van der Waals surface area contributed by atoms with Crippen LogP contribution < -0.4 is 4.74 Å². The van der Waals surface area contributed by atoms with E-state index in [0.29, 0.717) is 5.84 Å². The van der Waals surface area contributed by atoms with Crippen LogP contribution in [0.2, 0.25) is 0 Å². The number of piperazine rings is 1. The smallest absolute Gasteiger partial charge is 0.128 e. The summed E-state index contributed by atoms with van der Waals surface area (Å²) in [4.78, 5) is 4.65. The molecule has 4 heteroatoms. The first kappa shape index (κ1) is 18.5. The van der Waals surface area contributed by atoms with E-state index in [1.165, 1.54) is 11.1 Å². The van der Waals surface area contributed by atoms with Crippen LogP contribution in [0.25, 0.3) is 0 Å². The lowest BCUT2D eigenvalue weighted by molar-refractivity contribution is 0.169. The Hall–Kier alpha value is -2.33. The number of amidine groups is 1. The molecule has 2 aromatic carbocycles. The molecule has 1 aliphatic heterocycles. The Labute approximate surface area is 156 Å². The first-order chi connectivity index (χ1) is 12.6. The molecule has 0 atom stereocenters. The summed E-state index contributed by atoms with van der Waals surface area (Å²) < 4.78 is 6.00. The molecule has 2 aromatic rings. The van der Waals surface area contributed by atoms with Gasteiger partial charge < -0.3 is 9.64 Å². The topological polar surface area (TPSA) is 39.6 Å². The van der Waals surface area contributed by atoms with Crippen molar-refractivity contribution in [2.75, 3.05) is 39.3 Å². The summed E-state index contributed by atoms with van der Waals surface area (Å²) in [6.07, 6.45) is 1.03. The maximum absolute atomic E-state index is 8.38. The fourth-order valence-electron chi connectivity index (χ4n) is 3.46. The molecule has 1 aliphatic rings. The van der Waals surface area contributed by atoms with Crippen molar-refractivity contribution in [2.24, 2.45) is 0 Å². The van der Waals surface area contributed by atoms with E-state index in [0.717, 1.165) is 57.1 Å². The molecular formula is C22H29N3O. The van der Waals surface area contributed by atoms with Crippen LogP contribution in [0.15, 0.2) is 48.5 Å². The summed E-state index contributed by atoms with van der Waals surface area (Å²) in [5, 5.41) is 8.38. The van der Waals surface area contributed by atoms with Gasteiger partial charge in [-0.2, -0.15) is 0 Å². The number of para-hydroxylation sites is 1. The molecule has 0 spiro atoms. The number of rotatable bonds is 6. The van der Waals surface area contributed by atoms with E-state index in [4.69, 9.17) is 10.1 Å². The monoisotopic (exact) mass is 351 g/mol. The van der Waals surface area contributed by atoms with Gasteiger partial charge >= 0.3 is 0 Å². The molecule has 4 nitrogen and oxygen atoms in total. The van der Waals surface area contributed by atoms with Gasteiger partial charge in [-0.05, 0) is 31.4 Å². The Balaban J connectivity index is 1.39. The number of hydrogen-bond donors (Lipinski definition) is 1. The fraction of sp³-hybridized carbons (Fsp3) is 0.409. The summed E-state index contributed by atoms with van der Waals surface area (Å²) in [7, 11) is 0. The van der Waals surface area contributed by atoms with Crippen molar-refractivity contribution in [3.05, 3.63) is 65.2 Å². The molecule has 1 N–H and O–H groups in total. The van der Waals surface area contributed by atoms with Crippen molar-refractivity contribution in [3.8, 4) is 5.75 Å². The number of aryl methyl sites for hydroxylation is 2. The van der Waals surface area contributed by atoms with Gasteiger partial charge in [0.2, 0.25) is 0 Å². The van der Waals surface area contributed by atoms with E-state index in [1.54, 1.807) is 0 Å². The summed E-state index contributed by atoms with van der Waals surface area (Å²) in [5.41, 5.74) is 3.42. The van der Waals surface area contributed by atoms with Gasteiger partial charge in [0.15, 0.2) is 0 Å². The molecule has 138 valence electrons. The number of nitrogens with one attached hydrogen (secondary N) is 1. The highest BCUT2D eigenvalue weighted by atomic mass is 16.5. The number of ether oxygens (including phenoxy) is 1. The second-order valence-corrected chi connectivity index (χ2v) is 6.97. The minimum atomic E-state index is 0.642. The maximum atomic E-state index is 8.38. The van der Waals surface area contributed by atoms with Crippen LogP contribution in [0.1, 0.15) is 23.1 Å². The van der Waals surface area contributed by atoms with Crippen molar-refractivity contribution < 1.29 is 4.74 Å². The van der Waals surface area contributed by atoms with Crippen molar-refractivity contribution >= 4 is 5.84 Å². The summed E-state index contributed by atoms with van der Waals surface area (Å²) in [6, 6.07) is 16.3. The third-order valence-electron chi connectivity index (χ3n) is 5.01. The van der Waals surface area contributed by atoms with Gasteiger partial charge in [-0.1, -0.05) is 48.5 Å². The quantitative estimate of drug-likeness (QED) is 0.490. The molecular weight excluding hydrogens is 322 g/mol. The highest BCUT2D eigenvalue weighted by Gasteiger charge is 2.19. The maximum Gasteiger partial charge on any atom is 0.128 e. The van der Waals surface area contributed by atoms with Gasteiger partial charge in [0.1, 0.15) is 11.6 Å². The zero-order chi connectivity index (χ0) is 18.4. The molecule has 1 fully saturated rings. The molecule has 0 saturated carbocycles. The predicted molar refractivity (Wildman–Crippen MR) is 107 cm³/mol. The minimum absolute atomic E-state index is 0.642. The largest absolute Gasteiger partial charge is 0.493 e. The number of hydrogen-bond acceptors (Lipinski definition) is 3. The van der Waals surface area contributed by atoms with Crippen molar-refractivity contribution in [1.82, 2.24) is 9.80 Å². The average Bonchev–Trinajstić information content (AvgIpc) is 2.68. The van der Waals surface area contributed by atoms with Crippen LogP contribution in [0.5, 0.6) is 5.75 Å². The standard InChI is InChI=1S/C22H29N3O/c1-18-8-6-9-19(2)21(18)26-17-7-12-24-13-15-25(16-14-24)22(23)20-10-4-3-5-11-20/h3-6,8-11,23H,7,12-17H2,1-2H3. The molecule has 1 heterocycles. The second-order valence-electron chi connectivity index (χ2n) is 6.97. The van der Waals surface area contributed by atoms with Crippen LogP contribution in [-0.4, -0.2) is 55.0 Å². The molecule has 0 bridgehead atoms. The van der Waals surface area contributed by atoms with E-state index in [-0.39, 0.29) is 0 Å². The highest BCUT2D eigenvalue weighted by molar-refractivity contribution is 5.96. The van der Waals surface area contributed by atoms with Crippen LogP contribution >= 0.6 is 0 Å². The first-order valence-corrected chi connectivity index (χ1v) is 9.45. The Bertz CT molecular complexity index is 701. The zero-order valence-corrected chi connectivity index (χ0v) is 15.9. The van der Waals surface area contributed by atoms with Crippen molar-refractivity contribution in [3.63, 3.8) is 0 Å². The molecule has 26 heavy (non-hydrogen) atoms. The molecule has 0 aliphatic carbocycles. The summed E-state index contributed by atoms with van der Waals surface area (Å²) in [6.45, 7) is 9.88. The zero-order valence-electron chi connectivity index (χ0n) is 15.9. The SMILES string of the molecule is Cc1cccc(C)c1OCCCN1CCN(C(=N)c2ccccc2)CC1. The first-order valence-electron chi connectivity index (χ1n) is 9.45. The lowest BCUT2D eigenvalue weighted by Gasteiger charge is -2.36. The highest BCUT2D eigenvalue weighted by Crippen LogP contribution is 2.22. The van der Waals surface area contributed by atoms with E-state index in [9.17, 15) is 0 Å². The Morgan fingerprint density at radius 2 is 1.58 bits per heavy atom. The Morgan fingerprint density at radius 1 is 0.923 bits per heavy atom. The minimum Gasteiger partial charge on any atom is -0.493 e. The Morgan fingerprint density at radius 3 is 2.23 bits per heavy atom. The summed E-state index contributed by atoms with van der Waals surface area (Å²) >= 11 is 0. The predicted octanol–water partition coefficient (Wildman–Crippen LogP) is 3.72. The third kappa shape index (κ3) is 4.64. The van der Waals surface area contributed by atoms with Gasteiger partial charge in [-0.25, -0.2) is 0 Å². The lowest BCUT2D eigenvalue weighted by atomic mass is 10.1. The van der Waals surface area contributed by atoms with Gasteiger partial charge in [0, 0.05) is 38.3 Å². The normalized spacial score (nSPS) is 15.1. The average molecular weight is 351 g/mol. The molecule has 1 saturated heterocycles. The molecule has 3 rings (SSSR count). The van der Waals surface area contributed by atoms with Crippen LogP contribution in [-0.2, 0) is 0 Å². The fourth-order valence-corrected chi connectivity index (χ4v) is 3.46. The van der Waals surface area contributed by atoms with Gasteiger partial charge in [0.05, 0.1) is 6.61 Å². The molecule has 0 radical (unpaired) electrons. The van der Waals surface area contributed by atoms with Crippen LogP contribution in [0.4, 0.5) is 0 Å². The molecule has 0 aromatic heterocycles. The van der Waals surface area contributed by atoms with E-state index >= 15 is 0 Å². The summed E-state index contributed by atoms with van der Waals surface area (Å²) in [5.74, 6) is 1.68. The Kier molecular flexibility index (Phi) is 6.29. The van der Waals surface area contributed by atoms with Crippen molar-refractivity contribution in [1.29, 1.82) is 5.41 Å². The van der Waals surface area contributed by atoms with Gasteiger partial charge in [-0.3, -0.25) is 10.3 Å². The molecule has 0 amide bonds. The second kappa shape index (κ2) is 8.86. The number of nitrogens with zero attached hydrogens (tertiary/aromatic N) is 2. The lowest BCUT2D eigenvalue weighted by Crippen LogP contribution is -2.49. The van der Waals surface area contributed by atoms with E-state index < -0.39 is 0 Å². The van der Waals surface area contributed by atoms with Crippen LogP contribution in [0.3, 0.4) is 0 Å². The van der Waals surface area contributed by atoms with Gasteiger partial charge in [0.25, 0.3) is 0 Å². The van der Waals surface area contributed by atoms with Crippen LogP contribution in [0, 0.1) is 19.3 Å². The number of benzene rings is 2. The molecule has 0 unspecified atom stereocenters. The third-order valence-corrected chi connectivity index (χ3v) is 5.01. The van der Waals surface area contributed by atoms with Gasteiger partial charge in [-0.15, -0.1) is 0 Å².